The monoisotopic (exact) mass is 410 g/mol. The van der Waals surface area contributed by atoms with Gasteiger partial charge in [-0.25, -0.2) is 4.79 Å². The van der Waals surface area contributed by atoms with Crippen molar-refractivity contribution in [3.05, 3.63) is 42.4 Å². The number of fused-ring (bicyclic) bond motifs is 1. The lowest BCUT2D eigenvalue weighted by molar-refractivity contribution is 0.245. The zero-order valence-electron chi connectivity index (χ0n) is 17.4. The summed E-state index contributed by atoms with van der Waals surface area (Å²) in [7, 11) is 5.24. The van der Waals surface area contributed by atoms with Crippen LogP contribution in [0.15, 0.2) is 36.5 Å². The number of anilines is 2. The first-order valence-corrected chi connectivity index (χ1v) is 9.91. The smallest absolute Gasteiger partial charge is 0.323 e. The Kier molecular flexibility index (Phi) is 5.71. The Morgan fingerprint density at radius 3 is 2.73 bits per heavy atom. The highest BCUT2D eigenvalue weighted by Crippen LogP contribution is 2.30. The van der Waals surface area contributed by atoms with E-state index in [1.807, 2.05) is 22.7 Å². The van der Waals surface area contributed by atoms with E-state index in [1.165, 1.54) is 0 Å². The second-order valence-corrected chi connectivity index (χ2v) is 7.42. The molecule has 1 aliphatic rings. The minimum atomic E-state index is -0.378. The van der Waals surface area contributed by atoms with E-state index in [9.17, 15) is 4.79 Å². The molecule has 2 N–H and O–H groups in total. The molecule has 3 aromatic rings. The van der Waals surface area contributed by atoms with Crippen molar-refractivity contribution < 1.29 is 14.3 Å². The lowest BCUT2D eigenvalue weighted by Gasteiger charge is -2.28. The molecule has 9 heteroatoms. The number of likely N-dealkylation sites (tertiary alicyclic amines) is 1. The van der Waals surface area contributed by atoms with Crippen molar-refractivity contribution in [2.45, 2.75) is 18.8 Å². The highest BCUT2D eigenvalue weighted by atomic mass is 16.5. The number of nitrogens with one attached hydrogen (secondary N) is 2. The second-order valence-electron chi connectivity index (χ2n) is 7.42. The Morgan fingerprint density at radius 1 is 1.13 bits per heavy atom. The number of likely N-dealkylation sites (N-methyl/N-ethyl adjacent to an activating group) is 1. The summed E-state index contributed by atoms with van der Waals surface area (Å²) in [6.07, 6.45) is 4.17. The van der Waals surface area contributed by atoms with Gasteiger partial charge in [-0.3, -0.25) is 4.40 Å². The van der Waals surface area contributed by atoms with Crippen molar-refractivity contribution in [1.82, 2.24) is 19.5 Å². The quantitative estimate of drug-likeness (QED) is 0.671. The fourth-order valence-corrected chi connectivity index (χ4v) is 3.89. The molecule has 1 aliphatic heterocycles. The first-order chi connectivity index (χ1) is 14.6. The SMILES string of the molecule is COc1ccc(NC(=O)Nc2cccn3c(C4CCCN(C)C4)nnc23)cc1OC. The van der Waals surface area contributed by atoms with Crippen LogP contribution in [0.25, 0.3) is 5.65 Å². The predicted molar refractivity (Wildman–Crippen MR) is 115 cm³/mol. The number of hydrogen-bond acceptors (Lipinski definition) is 6. The van der Waals surface area contributed by atoms with Gasteiger partial charge >= 0.3 is 6.03 Å². The molecular formula is C21H26N6O3. The van der Waals surface area contributed by atoms with Crippen molar-refractivity contribution in [2.24, 2.45) is 0 Å². The van der Waals surface area contributed by atoms with Crippen molar-refractivity contribution in [1.29, 1.82) is 0 Å². The minimum Gasteiger partial charge on any atom is -0.493 e. The second kappa shape index (κ2) is 8.58. The van der Waals surface area contributed by atoms with Gasteiger partial charge in [-0.1, -0.05) is 0 Å². The molecule has 0 spiro atoms. The van der Waals surface area contributed by atoms with Gasteiger partial charge in [0, 0.05) is 30.4 Å². The Bertz CT molecular complexity index is 1050. The van der Waals surface area contributed by atoms with Crippen molar-refractivity contribution >= 4 is 23.1 Å². The number of piperidine rings is 1. The normalized spacial score (nSPS) is 17.0. The number of carbonyl (C=O) groups excluding carboxylic acids is 1. The van der Waals surface area contributed by atoms with Crippen LogP contribution in [0.1, 0.15) is 24.6 Å². The average Bonchev–Trinajstić information content (AvgIpc) is 3.19. The zero-order chi connectivity index (χ0) is 21.1. The Hall–Kier alpha value is -3.33. The third-order valence-electron chi connectivity index (χ3n) is 5.34. The number of hydrogen-bond donors (Lipinski definition) is 2. The molecule has 0 radical (unpaired) electrons. The molecule has 0 saturated carbocycles. The zero-order valence-corrected chi connectivity index (χ0v) is 17.4. The van der Waals surface area contributed by atoms with Crippen LogP contribution >= 0.6 is 0 Å². The first kappa shape index (κ1) is 20.0. The van der Waals surface area contributed by atoms with Crippen LogP contribution in [0.4, 0.5) is 16.2 Å². The molecule has 0 bridgehead atoms. The van der Waals surface area contributed by atoms with Gasteiger partial charge in [-0.2, -0.15) is 0 Å². The lowest BCUT2D eigenvalue weighted by atomic mass is 9.98. The number of rotatable bonds is 5. The summed E-state index contributed by atoms with van der Waals surface area (Å²) in [5.74, 6) is 2.39. The summed E-state index contributed by atoms with van der Waals surface area (Å²) >= 11 is 0. The van der Waals surface area contributed by atoms with Gasteiger partial charge < -0.3 is 25.0 Å². The number of ether oxygens (including phenoxy) is 2. The van der Waals surface area contributed by atoms with Crippen molar-refractivity contribution in [3.8, 4) is 11.5 Å². The van der Waals surface area contributed by atoms with E-state index in [-0.39, 0.29) is 6.03 Å². The standard InChI is InChI=1S/C21H26N6O3/c1-26-10-4-6-14(13-26)19-24-25-20-16(7-5-11-27(19)20)23-21(28)22-15-8-9-17(29-2)18(12-15)30-3/h5,7-9,11-12,14H,4,6,10,13H2,1-3H3,(H2,22,23,28). The van der Waals surface area contributed by atoms with Crippen LogP contribution in [-0.2, 0) is 0 Å². The third-order valence-corrected chi connectivity index (χ3v) is 5.34. The largest absolute Gasteiger partial charge is 0.493 e. The maximum Gasteiger partial charge on any atom is 0.323 e. The van der Waals surface area contributed by atoms with Crippen LogP contribution < -0.4 is 20.1 Å². The third kappa shape index (κ3) is 4.02. The van der Waals surface area contributed by atoms with E-state index in [2.05, 4.69) is 32.8 Å². The van der Waals surface area contributed by atoms with Crippen LogP contribution in [0.2, 0.25) is 0 Å². The number of pyridine rings is 1. The predicted octanol–water partition coefficient (Wildman–Crippen LogP) is 3.20. The molecule has 9 nitrogen and oxygen atoms in total. The molecule has 158 valence electrons. The van der Waals surface area contributed by atoms with Gasteiger partial charge in [-0.05, 0) is 50.7 Å². The highest BCUT2D eigenvalue weighted by Gasteiger charge is 2.24. The molecule has 30 heavy (non-hydrogen) atoms. The summed E-state index contributed by atoms with van der Waals surface area (Å²) < 4.78 is 12.5. The summed E-state index contributed by atoms with van der Waals surface area (Å²) in [4.78, 5) is 14.9. The maximum atomic E-state index is 12.6. The van der Waals surface area contributed by atoms with Gasteiger partial charge in [-0.15, -0.1) is 10.2 Å². The molecule has 0 aliphatic carbocycles. The Balaban J connectivity index is 1.52. The number of aromatic nitrogens is 3. The number of urea groups is 1. The topological polar surface area (TPSA) is 93.0 Å². The molecule has 2 aromatic heterocycles. The number of amides is 2. The molecule has 1 atom stereocenters. The van der Waals surface area contributed by atoms with E-state index >= 15 is 0 Å². The number of nitrogens with zero attached hydrogens (tertiary/aromatic N) is 4. The molecule has 3 heterocycles. The summed E-state index contributed by atoms with van der Waals surface area (Å²) in [5, 5.41) is 14.5. The van der Waals surface area contributed by atoms with E-state index in [0.29, 0.717) is 34.4 Å². The van der Waals surface area contributed by atoms with Crippen LogP contribution in [0, 0.1) is 0 Å². The van der Waals surface area contributed by atoms with Gasteiger partial charge in [0.1, 0.15) is 5.82 Å². The first-order valence-electron chi connectivity index (χ1n) is 9.91. The fourth-order valence-electron chi connectivity index (χ4n) is 3.89. The van der Waals surface area contributed by atoms with Gasteiger partial charge in [0.25, 0.3) is 0 Å². The molecule has 1 saturated heterocycles. The highest BCUT2D eigenvalue weighted by molar-refractivity contribution is 6.02. The maximum absolute atomic E-state index is 12.6. The molecular weight excluding hydrogens is 384 g/mol. The summed E-state index contributed by atoms with van der Waals surface area (Å²) in [6, 6.07) is 8.51. The van der Waals surface area contributed by atoms with Crippen molar-refractivity contribution in [2.75, 3.05) is 45.0 Å². The van der Waals surface area contributed by atoms with Crippen LogP contribution in [0.3, 0.4) is 0 Å². The molecule has 1 fully saturated rings. The van der Waals surface area contributed by atoms with Gasteiger partial charge in [0.05, 0.1) is 19.9 Å². The van der Waals surface area contributed by atoms with E-state index in [1.54, 1.807) is 32.4 Å². The molecule has 1 aromatic carbocycles. The Morgan fingerprint density at radius 2 is 1.97 bits per heavy atom. The molecule has 1 unspecified atom stereocenters. The van der Waals surface area contributed by atoms with Crippen LogP contribution in [-0.4, -0.2) is 59.9 Å². The summed E-state index contributed by atoms with van der Waals surface area (Å²) in [6.45, 7) is 2.06. The minimum absolute atomic E-state index is 0.328. The fraction of sp³-hybridized carbons (Fsp3) is 0.381. The lowest BCUT2D eigenvalue weighted by Crippen LogP contribution is -2.31. The number of carbonyl (C=O) groups is 1. The molecule has 4 rings (SSSR count). The van der Waals surface area contributed by atoms with E-state index in [4.69, 9.17) is 9.47 Å². The van der Waals surface area contributed by atoms with E-state index in [0.717, 1.165) is 31.8 Å². The van der Waals surface area contributed by atoms with E-state index < -0.39 is 0 Å². The Labute approximate surface area is 175 Å². The number of benzene rings is 1. The van der Waals surface area contributed by atoms with Gasteiger partial charge in [0.15, 0.2) is 17.1 Å². The molecule has 2 amide bonds. The average molecular weight is 410 g/mol. The summed E-state index contributed by atoms with van der Waals surface area (Å²) in [5.41, 5.74) is 1.81. The van der Waals surface area contributed by atoms with Gasteiger partial charge in [0.2, 0.25) is 0 Å². The number of methoxy groups -OCH3 is 2. The van der Waals surface area contributed by atoms with Crippen molar-refractivity contribution in [3.63, 3.8) is 0 Å². The van der Waals surface area contributed by atoms with Crippen LogP contribution in [0.5, 0.6) is 11.5 Å².